The van der Waals surface area contributed by atoms with Crippen LogP contribution in [0.4, 0.5) is 30.6 Å². The number of hydrogen-bond donors (Lipinski definition) is 4. The van der Waals surface area contributed by atoms with Gasteiger partial charge in [-0.05, 0) is 29.8 Å². The molecule has 0 aliphatic heterocycles. The molecule has 0 atom stereocenters. The standard InChI is InChI=1S/C23H19F3N8O2/c1-36-14-6-7-16-17(8-14)33-22(32-16)31-13-4-2-12(3-5-13)18-15(21(35)28-10-23(24,25)26)9-34-19(18)20(27)29-11-30-34/h2-9,11H,10H2,1H3,(H,28,35)(H2,27,29,30)(H2,31,32,33). The van der Waals surface area contributed by atoms with E-state index < -0.39 is 18.6 Å². The van der Waals surface area contributed by atoms with Gasteiger partial charge in [0.1, 0.15) is 24.1 Å². The minimum atomic E-state index is -4.55. The molecule has 0 unspecified atom stereocenters. The quantitative estimate of drug-likeness (QED) is 0.280. The molecule has 5 aromatic rings. The van der Waals surface area contributed by atoms with Gasteiger partial charge in [-0.1, -0.05) is 12.1 Å². The molecule has 0 bridgehead atoms. The normalized spacial score (nSPS) is 11.7. The van der Waals surface area contributed by atoms with E-state index in [4.69, 9.17) is 10.5 Å². The first-order valence-corrected chi connectivity index (χ1v) is 10.6. The van der Waals surface area contributed by atoms with Gasteiger partial charge >= 0.3 is 6.18 Å². The van der Waals surface area contributed by atoms with Crippen LogP contribution < -0.4 is 21.1 Å². The third-order valence-corrected chi connectivity index (χ3v) is 5.42. The molecule has 2 aromatic carbocycles. The fraction of sp³-hybridized carbons (Fsp3) is 0.130. The van der Waals surface area contributed by atoms with E-state index in [-0.39, 0.29) is 11.4 Å². The number of carbonyl (C=O) groups is 1. The van der Waals surface area contributed by atoms with Crippen LogP contribution in [0.25, 0.3) is 27.7 Å². The minimum Gasteiger partial charge on any atom is -0.497 e. The topological polar surface area (TPSA) is 135 Å². The molecule has 184 valence electrons. The first kappa shape index (κ1) is 23.0. The number of fused-ring (bicyclic) bond motifs is 2. The molecule has 3 heterocycles. The number of nitrogens with two attached hydrogens (primary N) is 1. The van der Waals surface area contributed by atoms with E-state index >= 15 is 0 Å². The number of halogens is 3. The van der Waals surface area contributed by atoms with Gasteiger partial charge in [0.2, 0.25) is 5.95 Å². The first-order chi connectivity index (χ1) is 17.2. The van der Waals surface area contributed by atoms with Gasteiger partial charge in [0.25, 0.3) is 5.91 Å². The number of alkyl halides is 3. The van der Waals surface area contributed by atoms with Crippen LogP contribution in [-0.2, 0) is 0 Å². The number of ether oxygens (including phenoxy) is 1. The van der Waals surface area contributed by atoms with Gasteiger partial charge in [0.05, 0.1) is 23.7 Å². The number of amides is 1. The van der Waals surface area contributed by atoms with Crippen LogP contribution in [0.2, 0.25) is 0 Å². The Morgan fingerprint density at radius 2 is 1.97 bits per heavy atom. The van der Waals surface area contributed by atoms with Gasteiger partial charge < -0.3 is 26.1 Å². The largest absolute Gasteiger partial charge is 0.497 e. The van der Waals surface area contributed by atoms with Crippen molar-refractivity contribution in [3.8, 4) is 16.9 Å². The summed E-state index contributed by atoms with van der Waals surface area (Å²) in [5, 5.41) is 9.09. The van der Waals surface area contributed by atoms with E-state index in [2.05, 4.69) is 25.4 Å². The first-order valence-electron chi connectivity index (χ1n) is 10.6. The highest BCUT2D eigenvalue weighted by Crippen LogP contribution is 2.33. The van der Waals surface area contributed by atoms with Crippen LogP contribution in [0.15, 0.2) is 55.0 Å². The summed E-state index contributed by atoms with van der Waals surface area (Å²) in [4.78, 5) is 24.3. The van der Waals surface area contributed by atoms with Gasteiger partial charge in [-0.2, -0.15) is 18.3 Å². The fourth-order valence-corrected chi connectivity index (χ4v) is 3.81. The molecule has 0 radical (unpaired) electrons. The second-order valence-electron chi connectivity index (χ2n) is 7.82. The Labute approximate surface area is 201 Å². The number of nitrogens with zero attached hydrogens (tertiary/aromatic N) is 4. The van der Waals surface area contributed by atoms with Gasteiger partial charge in [-0.3, -0.25) is 4.79 Å². The number of methoxy groups -OCH3 is 1. The Morgan fingerprint density at radius 3 is 2.69 bits per heavy atom. The molecule has 10 nitrogen and oxygen atoms in total. The second-order valence-corrected chi connectivity index (χ2v) is 7.82. The van der Waals surface area contributed by atoms with Crippen LogP contribution in [-0.4, -0.2) is 50.3 Å². The number of rotatable bonds is 6. The molecule has 0 fully saturated rings. The van der Waals surface area contributed by atoms with Crippen molar-refractivity contribution < 1.29 is 22.7 Å². The maximum absolute atomic E-state index is 12.7. The summed E-state index contributed by atoms with van der Waals surface area (Å²) < 4.78 is 44.5. The SMILES string of the molecule is COc1ccc2nc(Nc3ccc(-c4c(C(=O)NCC(F)(F)F)cn5ncnc(N)c45)cc3)[nH]c2c1. The number of aromatic amines is 1. The molecule has 0 aliphatic carbocycles. The number of nitrogens with one attached hydrogen (secondary N) is 3. The molecular weight excluding hydrogens is 477 g/mol. The fourth-order valence-electron chi connectivity index (χ4n) is 3.81. The Hall–Kier alpha value is -4.81. The van der Waals surface area contributed by atoms with E-state index in [0.29, 0.717) is 34.0 Å². The molecule has 3 aromatic heterocycles. The van der Waals surface area contributed by atoms with E-state index in [9.17, 15) is 18.0 Å². The summed E-state index contributed by atoms with van der Waals surface area (Å²) in [6.07, 6.45) is -2.04. The average molecular weight is 496 g/mol. The van der Waals surface area contributed by atoms with E-state index in [1.54, 1.807) is 31.4 Å². The van der Waals surface area contributed by atoms with Crippen molar-refractivity contribution in [3.05, 3.63) is 60.6 Å². The highest BCUT2D eigenvalue weighted by atomic mass is 19.4. The third-order valence-electron chi connectivity index (χ3n) is 5.42. The molecule has 36 heavy (non-hydrogen) atoms. The molecule has 5 rings (SSSR count). The number of nitrogen functional groups attached to an aromatic ring is 1. The van der Waals surface area contributed by atoms with E-state index in [0.717, 1.165) is 11.0 Å². The average Bonchev–Trinajstić information content (AvgIpc) is 3.44. The summed E-state index contributed by atoms with van der Waals surface area (Å²) >= 11 is 0. The van der Waals surface area contributed by atoms with Crippen molar-refractivity contribution in [2.75, 3.05) is 24.7 Å². The maximum atomic E-state index is 12.7. The summed E-state index contributed by atoms with van der Waals surface area (Å²) in [7, 11) is 1.58. The predicted molar refractivity (Wildman–Crippen MR) is 127 cm³/mol. The smallest absolute Gasteiger partial charge is 0.405 e. The van der Waals surface area contributed by atoms with E-state index in [1.807, 2.05) is 23.5 Å². The number of hydrogen-bond acceptors (Lipinski definition) is 7. The Morgan fingerprint density at radius 1 is 1.19 bits per heavy atom. The number of H-pyrrole nitrogens is 1. The van der Waals surface area contributed by atoms with Crippen LogP contribution >= 0.6 is 0 Å². The monoisotopic (exact) mass is 496 g/mol. The lowest BCUT2D eigenvalue weighted by Gasteiger charge is -2.10. The van der Waals surface area contributed by atoms with Crippen LogP contribution in [0.3, 0.4) is 0 Å². The number of carbonyl (C=O) groups excluding carboxylic acids is 1. The maximum Gasteiger partial charge on any atom is 0.405 e. The van der Waals surface area contributed by atoms with Crippen LogP contribution in [0, 0.1) is 0 Å². The predicted octanol–water partition coefficient (Wildman–Crippen LogP) is 3.90. The summed E-state index contributed by atoms with van der Waals surface area (Å²) in [5.74, 6) is 0.368. The van der Waals surface area contributed by atoms with Gasteiger partial charge in [-0.25, -0.2) is 14.5 Å². The number of aromatic nitrogens is 5. The highest BCUT2D eigenvalue weighted by Gasteiger charge is 2.29. The van der Waals surface area contributed by atoms with E-state index in [1.165, 1.54) is 17.0 Å². The van der Waals surface area contributed by atoms with Crippen molar-refractivity contribution >= 4 is 39.9 Å². The zero-order chi connectivity index (χ0) is 25.4. The molecule has 5 N–H and O–H groups in total. The molecule has 0 aliphatic rings. The highest BCUT2D eigenvalue weighted by molar-refractivity contribution is 6.07. The lowest BCUT2D eigenvalue weighted by atomic mass is 10.0. The summed E-state index contributed by atoms with van der Waals surface area (Å²) in [6, 6.07) is 12.4. The van der Waals surface area contributed by atoms with Gasteiger partial charge in [0, 0.05) is 23.5 Å². The lowest BCUT2D eigenvalue weighted by molar-refractivity contribution is -0.123. The van der Waals surface area contributed by atoms with Gasteiger partial charge in [-0.15, -0.1) is 0 Å². The molecule has 0 saturated carbocycles. The zero-order valence-electron chi connectivity index (χ0n) is 18.7. The van der Waals surface area contributed by atoms with Crippen molar-refractivity contribution in [1.82, 2.24) is 29.9 Å². The van der Waals surface area contributed by atoms with Gasteiger partial charge in [0.15, 0.2) is 5.82 Å². The number of imidazole rings is 1. The molecule has 13 heteroatoms. The molecule has 1 amide bonds. The van der Waals surface area contributed by atoms with Crippen molar-refractivity contribution in [3.63, 3.8) is 0 Å². The zero-order valence-corrected chi connectivity index (χ0v) is 18.7. The number of anilines is 3. The summed E-state index contributed by atoms with van der Waals surface area (Å²) in [6.45, 7) is -1.47. The van der Waals surface area contributed by atoms with Crippen LogP contribution in [0.5, 0.6) is 5.75 Å². The molecule has 0 spiro atoms. The van der Waals surface area contributed by atoms with Crippen molar-refractivity contribution in [2.24, 2.45) is 0 Å². The Kier molecular flexibility index (Phi) is 5.59. The number of benzene rings is 2. The summed E-state index contributed by atoms with van der Waals surface area (Å²) in [5.41, 5.74) is 9.39. The molecule has 0 saturated heterocycles. The van der Waals surface area contributed by atoms with Crippen LogP contribution in [0.1, 0.15) is 10.4 Å². The molecular formula is C23H19F3N8O2. The third kappa shape index (κ3) is 4.45. The van der Waals surface area contributed by atoms with Crippen molar-refractivity contribution in [2.45, 2.75) is 6.18 Å². The second kappa shape index (κ2) is 8.76. The Bertz CT molecular complexity index is 1570. The Balaban J connectivity index is 1.47. The van der Waals surface area contributed by atoms with Crippen molar-refractivity contribution in [1.29, 1.82) is 0 Å². The minimum absolute atomic E-state index is 0.0154. The lowest BCUT2D eigenvalue weighted by Crippen LogP contribution is -2.33.